The third-order valence-corrected chi connectivity index (χ3v) is 3.12. The molecular formula is C9H15ClN2S. The van der Waals surface area contributed by atoms with Gasteiger partial charge in [0.05, 0.1) is 0 Å². The van der Waals surface area contributed by atoms with Gasteiger partial charge >= 0.3 is 0 Å². The summed E-state index contributed by atoms with van der Waals surface area (Å²) in [5.74, 6) is 0. The summed E-state index contributed by atoms with van der Waals surface area (Å²) in [5, 5.41) is 3.53. The topological polar surface area (TPSA) is 16.1 Å². The molecule has 1 rings (SSSR count). The minimum atomic E-state index is 0.606. The monoisotopic (exact) mass is 218 g/mol. The van der Waals surface area contributed by atoms with Crippen LogP contribution < -0.4 is 4.90 Å². The molecule has 0 aliphatic rings. The fourth-order valence-electron chi connectivity index (χ4n) is 1.13. The summed E-state index contributed by atoms with van der Waals surface area (Å²) >= 11 is 7.38. The van der Waals surface area contributed by atoms with Crippen LogP contribution in [-0.2, 0) is 0 Å². The average Bonchev–Trinajstić information content (AvgIpc) is 2.54. The lowest BCUT2D eigenvalue weighted by atomic mass is 10.3. The van der Waals surface area contributed by atoms with Crippen molar-refractivity contribution in [2.45, 2.75) is 26.7 Å². The Balaban J connectivity index is 2.56. The van der Waals surface area contributed by atoms with Crippen molar-refractivity contribution in [1.29, 1.82) is 0 Å². The van der Waals surface area contributed by atoms with Gasteiger partial charge in [0.1, 0.15) is 5.15 Å². The van der Waals surface area contributed by atoms with Crippen molar-refractivity contribution < 1.29 is 0 Å². The molecule has 0 radical (unpaired) electrons. The van der Waals surface area contributed by atoms with Gasteiger partial charge in [-0.2, -0.15) is 0 Å². The van der Waals surface area contributed by atoms with Crippen LogP contribution in [0.15, 0.2) is 5.38 Å². The summed E-state index contributed by atoms with van der Waals surface area (Å²) in [6.45, 7) is 6.42. The number of nitrogens with zero attached hydrogens (tertiary/aromatic N) is 2. The lowest BCUT2D eigenvalue weighted by molar-refractivity contribution is 0.730. The Kier molecular flexibility index (Phi) is 4.53. The predicted octanol–water partition coefficient (Wildman–Crippen LogP) is 3.42. The molecule has 4 heteroatoms. The highest BCUT2D eigenvalue weighted by molar-refractivity contribution is 7.14. The molecule has 0 fully saturated rings. The summed E-state index contributed by atoms with van der Waals surface area (Å²) in [7, 11) is 0. The predicted molar refractivity (Wildman–Crippen MR) is 59.9 cm³/mol. The number of rotatable bonds is 5. The standard InChI is InChI=1S/C9H15ClN2S/c1-3-5-6-12(4-2)9-11-8(10)7-13-9/h7H,3-6H2,1-2H3. The second-order valence-corrected chi connectivity index (χ2v) is 4.11. The van der Waals surface area contributed by atoms with Gasteiger partial charge in [-0.1, -0.05) is 24.9 Å². The molecule has 0 bridgehead atoms. The molecule has 0 amide bonds. The Hall–Kier alpha value is -0.280. The van der Waals surface area contributed by atoms with Gasteiger partial charge in [-0.15, -0.1) is 11.3 Å². The number of aromatic nitrogens is 1. The van der Waals surface area contributed by atoms with E-state index in [0.717, 1.165) is 18.2 Å². The molecule has 0 atom stereocenters. The zero-order valence-corrected chi connectivity index (χ0v) is 9.66. The minimum absolute atomic E-state index is 0.606. The highest BCUT2D eigenvalue weighted by Crippen LogP contribution is 2.23. The van der Waals surface area contributed by atoms with Gasteiger partial charge in [0.15, 0.2) is 5.13 Å². The van der Waals surface area contributed by atoms with Crippen LogP contribution in [-0.4, -0.2) is 18.1 Å². The maximum Gasteiger partial charge on any atom is 0.186 e. The van der Waals surface area contributed by atoms with Gasteiger partial charge in [-0.05, 0) is 13.3 Å². The van der Waals surface area contributed by atoms with E-state index >= 15 is 0 Å². The highest BCUT2D eigenvalue weighted by Gasteiger charge is 2.07. The van der Waals surface area contributed by atoms with Crippen LogP contribution in [0.3, 0.4) is 0 Å². The largest absolute Gasteiger partial charge is 0.348 e. The van der Waals surface area contributed by atoms with Crippen LogP contribution >= 0.6 is 22.9 Å². The maximum atomic E-state index is 5.77. The molecule has 0 spiro atoms. The summed E-state index contributed by atoms with van der Waals surface area (Å²) < 4.78 is 0. The van der Waals surface area contributed by atoms with E-state index in [9.17, 15) is 0 Å². The lowest BCUT2D eigenvalue weighted by Gasteiger charge is -2.18. The lowest BCUT2D eigenvalue weighted by Crippen LogP contribution is -2.23. The smallest absolute Gasteiger partial charge is 0.186 e. The molecule has 0 aromatic carbocycles. The Morgan fingerprint density at radius 3 is 2.77 bits per heavy atom. The zero-order valence-electron chi connectivity index (χ0n) is 8.09. The first-order valence-corrected chi connectivity index (χ1v) is 5.89. The van der Waals surface area contributed by atoms with Crippen LogP contribution in [0.4, 0.5) is 5.13 Å². The van der Waals surface area contributed by atoms with E-state index in [1.807, 2.05) is 5.38 Å². The summed E-state index contributed by atoms with van der Waals surface area (Å²) in [5.41, 5.74) is 0. The normalized spacial score (nSPS) is 10.4. The first kappa shape index (κ1) is 10.8. The quantitative estimate of drug-likeness (QED) is 0.753. The molecule has 74 valence electrons. The van der Waals surface area contributed by atoms with Crippen molar-refractivity contribution in [2.24, 2.45) is 0 Å². The van der Waals surface area contributed by atoms with Gasteiger partial charge in [-0.3, -0.25) is 0 Å². The molecule has 0 aliphatic heterocycles. The first-order chi connectivity index (χ1) is 6.27. The Labute approximate surface area is 88.5 Å². The van der Waals surface area contributed by atoms with Crippen LogP contribution in [0.2, 0.25) is 5.15 Å². The average molecular weight is 219 g/mol. The summed E-state index contributed by atoms with van der Waals surface area (Å²) in [6.07, 6.45) is 2.43. The van der Waals surface area contributed by atoms with Crippen molar-refractivity contribution in [3.05, 3.63) is 10.5 Å². The van der Waals surface area contributed by atoms with Crippen LogP contribution in [0.25, 0.3) is 0 Å². The van der Waals surface area contributed by atoms with E-state index < -0.39 is 0 Å². The molecule has 0 saturated heterocycles. The second kappa shape index (κ2) is 5.45. The molecule has 1 aromatic heterocycles. The fraction of sp³-hybridized carbons (Fsp3) is 0.667. The Bertz CT molecular complexity index is 250. The first-order valence-electron chi connectivity index (χ1n) is 4.63. The molecule has 0 unspecified atom stereocenters. The Morgan fingerprint density at radius 1 is 1.54 bits per heavy atom. The Morgan fingerprint density at radius 2 is 2.31 bits per heavy atom. The molecule has 1 heterocycles. The molecule has 0 saturated carbocycles. The van der Waals surface area contributed by atoms with Crippen molar-refractivity contribution in [3.8, 4) is 0 Å². The number of unbranched alkanes of at least 4 members (excludes halogenated alkanes) is 1. The summed E-state index contributed by atoms with van der Waals surface area (Å²) in [4.78, 5) is 6.51. The second-order valence-electron chi connectivity index (χ2n) is 2.89. The number of hydrogen-bond acceptors (Lipinski definition) is 3. The number of hydrogen-bond donors (Lipinski definition) is 0. The zero-order chi connectivity index (χ0) is 9.68. The van der Waals surface area contributed by atoms with E-state index in [1.165, 1.54) is 12.8 Å². The molecular weight excluding hydrogens is 204 g/mol. The van der Waals surface area contributed by atoms with Gasteiger partial charge in [0.2, 0.25) is 0 Å². The minimum Gasteiger partial charge on any atom is -0.348 e. The van der Waals surface area contributed by atoms with E-state index in [1.54, 1.807) is 11.3 Å². The van der Waals surface area contributed by atoms with Gasteiger partial charge in [0.25, 0.3) is 0 Å². The third-order valence-electron chi connectivity index (χ3n) is 1.90. The number of anilines is 1. The highest BCUT2D eigenvalue weighted by atomic mass is 35.5. The molecule has 1 aromatic rings. The molecule has 2 nitrogen and oxygen atoms in total. The van der Waals surface area contributed by atoms with E-state index in [-0.39, 0.29) is 0 Å². The molecule has 0 N–H and O–H groups in total. The maximum absolute atomic E-state index is 5.77. The van der Waals surface area contributed by atoms with E-state index in [2.05, 4.69) is 23.7 Å². The fourth-order valence-corrected chi connectivity index (χ4v) is 2.17. The molecule has 0 aliphatic carbocycles. The van der Waals surface area contributed by atoms with Gasteiger partial charge in [0, 0.05) is 18.5 Å². The van der Waals surface area contributed by atoms with E-state index in [4.69, 9.17) is 11.6 Å². The van der Waals surface area contributed by atoms with Crippen molar-refractivity contribution in [3.63, 3.8) is 0 Å². The number of halogens is 1. The van der Waals surface area contributed by atoms with Crippen LogP contribution in [0.5, 0.6) is 0 Å². The number of thiazole rings is 1. The van der Waals surface area contributed by atoms with Gasteiger partial charge in [-0.25, -0.2) is 4.98 Å². The molecule has 13 heavy (non-hydrogen) atoms. The van der Waals surface area contributed by atoms with E-state index in [0.29, 0.717) is 5.15 Å². The summed E-state index contributed by atoms with van der Waals surface area (Å²) in [6, 6.07) is 0. The van der Waals surface area contributed by atoms with Crippen molar-refractivity contribution in [2.75, 3.05) is 18.0 Å². The SMILES string of the molecule is CCCCN(CC)c1nc(Cl)cs1. The van der Waals surface area contributed by atoms with Crippen LogP contribution in [0.1, 0.15) is 26.7 Å². The van der Waals surface area contributed by atoms with Crippen LogP contribution in [0, 0.1) is 0 Å². The van der Waals surface area contributed by atoms with Gasteiger partial charge < -0.3 is 4.90 Å². The van der Waals surface area contributed by atoms with Crippen molar-refractivity contribution in [1.82, 2.24) is 4.98 Å². The third kappa shape index (κ3) is 3.16. The van der Waals surface area contributed by atoms with Crippen molar-refractivity contribution >= 4 is 28.1 Å².